The second kappa shape index (κ2) is 9.85. The summed E-state index contributed by atoms with van der Waals surface area (Å²) in [4.78, 5) is 24.5. The molecule has 0 saturated heterocycles. The van der Waals surface area contributed by atoms with Crippen LogP contribution in [0.3, 0.4) is 0 Å². The minimum Gasteiger partial charge on any atom is -0.495 e. The van der Waals surface area contributed by atoms with E-state index < -0.39 is 21.9 Å². The van der Waals surface area contributed by atoms with Crippen molar-refractivity contribution in [2.24, 2.45) is 0 Å². The second-order valence-corrected chi connectivity index (χ2v) is 9.62. The van der Waals surface area contributed by atoms with Gasteiger partial charge in [-0.15, -0.1) is 0 Å². The first kappa shape index (κ1) is 24.4. The van der Waals surface area contributed by atoms with Crippen LogP contribution in [0, 0.1) is 0 Å². The highest BCUT2D eigenvalue weighted by atomic mass is 35.5. The number of nitrogens with one attached hydrogen (secondary N) is 1. The normalized spacial score (nSPS) is 12.5. The van der Waals surface area contributed by atoms with Crippen molar-refractivity contribution in [3.05, 3.63) is 76.8 Å². The van der Waals surface area contributed by atoms with Crippen molar-refractivity contribution in [1.29, 1.82) is 0 Å². The number of rotatable bonds is 7. The van der Waals surface area contributed by atoms with Gasteiger partial charge in [0.25, 0.3) is 15.9 Å². The first-order valence-corrected chi connectivity index (χ1v) is 12.3. The van der Waals surface area contributed by atoms with Crippen LogP contribution in [-0.4, -0.2) is 40.7 Å². The Hall–Kier alpha value is -3.76. The highest BCUT2D eigenvalue weighted by Crippen LogP contribution is 2.40. The molecule has 1 aliphatic rings. The molecule has 1 heterocycles. The number of hydrogen-bond donors (Lipinski definition) is 1. The van der Waals surface area contributed by atoms with Gasteiger partial charge in [0.2, 0.25) is 0 Å². The number of methoxy groups -OCH3 is 1. The van der Waals surface area contributed by atoms with E-state index in [0.29, 0.717) is 17.0 Å². The van der Waals surface area contributed by atoms with Crippen molar-refractivity contribution in [3.63, 3.8) is 0 Å². The maximum Gasteiger partial charge on any atom is 0.338 e. The molecule has 0 aromatic heterocycles. The Kier molecular flexibility index (Phi) is 6.86. The summed E-state index contributed by atoms with van der Waals surface area (Å²) in [5.41, 5.74) is 1.23. The number of sulfonamides is 1. The van der Waals surface area contributed by atoms with Gasteiger partial charge in [-0.3, -0.25) is 4.79 Å². The number of anilines is 2. The van der Waals surface area contributed by atoms with Crippen LogP contribution in [-0.2, 0) is 14.8 Å². The fourth-order valence-electron chi connectivity index (χ4n) is 3.45. The summed E-state index contributed by atoms with van der Waals surface area (Å²) in [5.74, 6) is -0.490. The van der Waals surface area contributed by atoms with Crippen LogP contribution in [0.2, 0.25) is 5.02 Å². The van der Waals surface area contributed by atoms with Gasteiger partial charge >= 0.3 is 5.97 Å². The SMILES string of the molecule is CCOC(=O)c1ccc(NC(=O)c2ccc3c(c2)N(S(=O)(=O)c2cc(Cl)ccc2OC)CO3)cc1. The zero-order chi connectivity index (χ0) is 25.2. The number of carbonyl (C=O) groups is 2. The van der Waals surface area contributed by atoms with Gasteiger partial charge < -0.3 is 19.5 Å². The maximum absolute atomic E-state index is 13.4. The van der Waals surface area contributed by atoms with Gasteiger partial charge in [-0.2, -0.15) is 0 Å². The van der Waals surface area contributed by atoms with Gasteiger partial charge in [-0.25, -0.2) is 17.5 Å². The molecule has 3 aromatic carbocycles. The van der Waals surface area contributed by atoms with E-state index >= 15 is 0 Å². The molecular weight excluding hydrogens is 496 g/mol. The van der Waals surface area contributed by atoms with Crippen LogP contribution in [0.15, 0.2) is 65.6 Å². The number of benzene rings is 3. The highest BCUT2D eigenvalue weighted by molar-refractivity contribution is 7.93. The number of fused-ring (bicyclic) bond motifs is 1. The second-order valence-electron chi connectivity index (χ2n) is 7.36. The van der Waals surface area contributed by atoms with E-state index in [2.05, 4.69) is 5.32 Å². The molecule has 0 aliphatic carbocycles. The van der Waals surface area contributed by atoms with Gasteiger partial charge in [0.15, 0.2) is 6.73 Å². The minimum absolute atomic E-state index is 0.125. The number of nitrogens with zero attached hydrogens (tertiary/aromatic N) is 1. The molecule has 182 valence electrons. The Morgan fingerprint density at radius 2 is 1.77 bits per heavy atom. The predicted molar refractivity (Wildman–Crippen MR) is 130 cm³/mol. The van der Waals surface area contributed by atoms with Crippen LogP contribution in [0.4, 0.5) is 11.4 Å². The summed E-state index contributed by atoms with van der Waals surface area (Å²) in [6.45, 7) is 1.70. The Balaban J connectivity index is 1.59. The summed E-state index contributed by atoms with van der Waals surface area (Å²) in [6.07, 6.45) is 0. The summed E-state index contributed by atoms with van der Waals surface area (Å²) >= 11 is 6.02. The van der Waals surface area contributed by atoms with Crippen LogP contribution in [0.5, 0.6) is 11.5 Å². The van der Waals surface area contributed by atoms with E-state index in [9.17, 15) is 18.0 Å². The molecule has 0 fully saturated rings. The van der Waals surface area contributed by atoms with Crippen LogP contribution in [0.1, 0.15) is 27.6 Å². The molecule has 3 aromatic rings. The molecule has 0 radical (unpaired) electrons. The van der Waals surface area contributed by atoms with E-state index in [0.717, 1.165) is 4.31 Å². The largest absolute Gasteiger partial charge is 0.495 e. The quantitative estimate of drug-likeness (QED) is 0.465. The summed E-state index contributed by atoms with van der Waals surface area (Å²) in [6, 6.07) is 15.0. The topological polar surface area (TPSA) is 111 Å². The van der Waals surface area contributed by atoms with Crippen molar-refractivity contribution in [2.75, 3.05) is 30.1 Å². The molecular formula is C24H21ClN2O7S. The average molecular weight is 517 g/mol. The van der Waals surface area contributed by atoms with Crippen LogP contribution < -0.4 is 19.1 Å². The number of ether oxygens (including phenoxy) is 3. The first-order valence-electron chi connectivity index (χ1n) is 10.5. The molecule has 1 amide bonds. The van der Waals surface area contributed by atoms with Crippen molar-refractivity contribution in [3.8, 4) is 11.5 Å². The zero-order valence-electron chi connectivity index (χ0n) is 18.8. The summed E-state index contributed by atoms with van der Waals surface area (Å²) in [7, 11) is -2.75. The van der Waals surface area contributed by atoms with Crippen LogP contribution >= 0.6 is 11.6 Å². The summed E-state index contributed by atoms with van der Waals surface area (Å²) in [5, 5.41) is 2.95. The molecule has 1 N–H and O–H groups in total. The number of esters is 1. The third-order valence-electron chi connectivity index (χ3n) is 5.17. The average Bonchev–Trinajstić information content (AvgIpc) is 3.29. The zero-order valence-corrected chi connectivity index (χ0v) is 20.4. The molecule has 35 heavy (non-hydrogen) atoms. The lowest BCUT2D eigenvalue weighted by Crippen LogP contribution is -2.30. The molecule has 0 spiro atoms. The molecule has 11 heteroatoms. The molecule has 0 bridgehead atoms. The Morgan fingerprint density at radius 3 is 2.46 bits per heavy atom. The van der Waals surface area contributed by atoms with Crippen molar-refractivity contribution in [1.82, 2.24) is 0 Å². The van der Waals surface area contributed by atoms with E-state index in [1.54, 1.807) is 19.1 Å². The number of carbonyl (C=O) groups excluding carboxylic acids is 2. The Bertz CT molecular complexity index is 1390. The minimum atomic E-state index is -4.11. The monoisotopic (exact) mass is 516 g/mol. The van der Waals surface area contributed by atoms with Crippen molar-refractivity contribution >= 4 is 44.9 Å². The lowest BCUT2D eigenvalue weighted by atomic mass is 10.1. The Morgan fingerprint density at radius 1 is 1.06 bits per heavy atom. The van der Waals surface area contributed by atoms with Crippen LogP contribution in [0.25, 0.3) is 0 Å². The lowest BCUT2D eigenvalue weighted by Gasteiger charge is -2.19. The van der Waals surface area contributed by atoms with Gasteiger partial charge in [-0.05, 0) is 67.6 Å². The molecule has 1 aliphatic heterocycles. The van der Waals surface area contributed by atoms with Gasteiger partial charge in [0.05, 0.1) is 25.0 Å². The molecule has 9 nitrogen and oxygen atoms in total. The smallest absolute Gasteiger partial charge is 0.338 e. The summed E-state index contributed by atoms with van der Waals surface area (Å²) < 4.78 is 43.5. The number of hydrogen-bond acceptors (Lipinski definition) is 7. The first-order chi connectivity index (χ1) is 16.7. The van der Waals surface area contributed by atoms with Gasteiger partial charge in [-0.1, -0.05) is 11.6 Å². The third-order valence-corrected chi connectivity index (χ3v) is 7.17. The third kappa shape index (κ3) is 4.89. The lowest BCUT2D eigenvalue weighted by molar-refractivity contribution is 0.0526. The van der Waals surface area contributed by atoms with E-state index in [-0.39, 0.29) is 40.3 Å². The van der Waals surface area contributed by atoms with Crippen molar-refractivity contribution < 1.29 is 32.2 Å². The number of halogens is 1. The Labute approximate surface area is 207 Å². The van der Waals surface area contributed by atoms with E-state index in [4.69, 9.17) is 25.8 Å². The molecule has 0 atom stereocenters. The van der Waals surface area contributed by atoms with Crippen molar-refractivity contribution in [2.45, 2.75) is 11.8 Å². The van der Waals surface area contributed by atoms with E-state index in [1.165, 1.54) is 55.6 Å². The molecule has 4 rings (SSSR count). The number of amides is 1. The molecule has 0 saturated carbocycles. The molecule has 0 unspecified atom stereocenters. The van der Waals surface area contributed by atoms with Gasteiger partial charge in [0, 0.05) is 16.3 Å². The fourth-order valence-corrected chi connectivity index (χ4v) is 5.20. The standard InChI is InChI=1S/C24H21ClN2O7S/c1-3-33-24(29)15-4-8-18(9-5-15)26-23(28)16-6-10-20-19(12-16)27(14-34-20)35(30,31)22-13-17(25)7-11-21(22)32-2/h4-13H,3,14H2,1-2H3,(H,26,28). The highest BCUT2D eigenvalue weighted by Gasteiger charge is 2.35. The fraction of sp³-hybridized carbons (Fsp3) is 0.167. The van der Waals surface area contributed by atoms with Gasteiger partial charge in [0.1, 0.15) is 16.4 Å². The van der Waals surface area contributed by atoms with E-state index in [1.807, 2.05) is 0 Å². The predicted octanol–water partition coefficient (Wildman–Crippen LogP) is 4.32. The maximum atomic E-state index is 13.4.